The van der Waals surface area contributed by atoms with Crippen LogP contribution in [0.25, 0.3) is 0 Å². The summed E-state index contributed by atoms with van der Waals surface area (Å²) in [4.78, 5) is 10.5. The quantitative estimate of drug-likeness (QED) is 0.673. The fraction of sp³-hybridized carbons (Fsp3) is 0.875. The molecule has 11 heavy (non-hydrogen) atoms. The zero-order valence-electron chi connectivity index (χ0n) is 7.19. The van der Waals surface area contributed by atoms with E-state index in [9.17, 15) is 9.90 Å². The van der Waals surface area contributed by atoms with E-state index in [4.69, 9.17) is 0 Å². The molecule has 0 amide bonds. The molecule has 0 heterocycles. The lowest BCUT2D eigenvalue weighted by Gasteiger charge is -2.24. The molecule has 0 saturated heterocycles. The first kappa shape index (κ1) is 11.0. The van der Waals surface area contributed by atoms with Gasteiger partial charge >= 0.3 is 0 Å². The molecule has 2 nitrogen and oxygen atoms in total. The third-order valence-electron chi connectivity index (χ3n) is 1.62. The summed E-state index contributed by atoms with van der Waals surface area (Å²) >= 11 is 3.11. The van der Waals surface area contributed by atoms with Crippen molar-refractivity contribution >= 4 is 21.9 Å². The average molecular weight is 222 g/mol. The Labute approximate surface area is 76.1 Å². The molecule has 0 aliphatic heterocycles. The summed E-state index contributed by atoms with van der Waals surface area (Å²) in [5.74, 6) is -0.496. The van der Waals surface area contributed by atoms with Gasteiger partial charge in [-0.2, -0.15) is 0 Å². The van der Waals surface area contributed by atoms with Crippen LogP contribution in [0.4, 0.5) is 0 Å². The summed E-state index contributed by atoms with van der Waals surface area (Å²) in [5.41, 5.74) is 0. The second-order valence-electron chi connectivity index (χ2n) is 3.42. The normalized spacial score (nSPS) is 16.5. The van der Waals surface area contributed by atoms with Crippen molar-refractivity contribution in [3.8, 4) is 0 Å². The zero-order valence-corrected chi connectivity index (χ0v) is 8.77. The van der Waals surface area contributed by atoms with Crippen molar-refractivity contribution in [2.45, 2.75) is 37.9 Å². The molecular formula is C8H14BrO2-. The number of aliphatic carboxylic acids is 1. The lowest BCUT2D eigenvalue weighted by molar-refractivity contribution is -0.308. The Morgan fingerprint density at radius 2 is 2.09 bits per heavy atom. The van der Waals surface area contributed by atoms with Crippen LogP contribution in [0.2, 0.25) is 0 Å². The Kier molecular flexibility index (Phi) is 4.08. The molecule has 0 radical (unpaired) electrons. The van der Waals surface area contributed by atoms with Gasteiger partial charge < -0.3 is 9.90 Å². The number of carbonyl (C=O) groups excluding carboxylic acids is 1. The maximum atomic E-state index is 10.5. The number of alkyl halides is 1. The molecule has 0 aliphatic rings. The smallest absolute Gasteiger partial charge is 0.0623 e. The predicted octanol–water partition coefficient (Wildman–Crippen LogP) is 1.33. The van der Waals surface area contributed by atoms with Crippen LogP contribution in [0.15, 0.2) is 0 Å². The minimum absolute atomic E-state index is 0.534. The fourth-order valence-electron chi connectivity index (χ4n) is 0.662. The molecule has 0 aromatic rings. The zero-order chi connectivity index (χ0) is 9.07. The standard InChI is InChI=1S/C8H15BrO2/c1-6(2)4-5-8(3,9)7(10)11/h6H,4-5H2,1-3H3,(H,10,11)/p-1. The molecule has 3 heteroatoms. The van der Waals surface area contributed by atoms with Crippen LogP contribution in [0, 0.1) is 5.92 Å². The van der Waals surface area contributed by atoms with Gasteiger partial charge in [0.1, 0.15) is 0 Å². The van der Waals surface area contributed by atoms with Crippen LogP contribution in [0.1, 0.15) is 33.6 Å². The number of carboxylic acid groups (broad SMARTS) is 1. The van der Waals surface area contributed by atoms with Crippen LogP contribution in [-0.4, -0.2) is 10.3 Å². The van der Waals surface area contributed by atoms with Gasteiger partial charge in [0.05, 0.1) is 10.3 Å². The molecule has 0 aliphatic carbocycles. The largest absolute Gasteiger partial charge is 0.549 e. The first-order valence-electron chi connectivity index (χ1n) is 3.76. The molecule has 0 aromatic heterocycles. The van der Waals surface area contributed by atoms with Crippen LogP contribution in [-0.2, 0) is 4.79 Å². The van der Waals surface area contributed by atoms with Crippen LogP contribution < -0.4 is 5.11 Å². The Bertz CT molecular complexity index is 141. The van der Waals surface area contributed by atoms with Crippen LogP contribution in [0.3, 0.4) is 0 Å². The first-order chi connectivity index (χ1) is 4.86. The number of halogens is 1. The molecule has 66 valence electrons. The summed E-state index contributed by atoms with van der Waals surface area (Å²) in [5, 5.41) is 10.5. The Morgan fingerprint density at radius 3 is 2.36 bits per heavy atom. The topological polar surface area (TPSA) is 40.1 Å². The molecule has 0 saturated carbocycles. The van der Waals surface area contributed by atoms with Crippen molar-refractivity contribution in [3.05, 3.63) is 0 Å². The van der Waals surface area contributed by atoms with E-state index in [1.165, 1.54) is 0 Å². The molecular weight excluding hydrogens is 208 g/mol. The van der Waals surface area contributed by atoms with Gasteiger partial charge in [-0.05, 0) is 25.7 Å². The maximum Gasteiger partial charge on any atom is 0.0623 e. The van der Waals surface area contributed by atoms with Crippen molar-refractivity contribution < 1.29 is 9.90 Å². The van der Waals surface area contributed by atoms with Gasteiger partial charge in [-0.25, -0.2) is 0 Å². The van der Waals surface area contributed by atoms with E-state index in [2.05, 4.69) is 29.8 Å². The van der Waals surface area contributed by atoms with Crippen molar-refractivity contribution in [2.75, 3.05) is 0 Å². The third kappa shape index (κ3) is 4.40. The number of carboxylic acids is 1. The number of carbonyl (C=O) groups is 1. The monoisotopic (exact) mass is 221 g/mol. The first-order valence-corrected chi connectivity index (χ1v) is 4.56. The maximum absolute atomic E-state index is 10.5. The molecule has 1 atom stereocenters. The molecule has 0 bridgehead atoms. The molecule has 0 N–H and O–H groups in total. The third-order valence-corrected chi connectivity index (χ3v) is 2.34. The lowest BCUT2D eigenvalue weighted by atomic mass is 9.99. The number of rotatable bonds is 4. The second kappa shape index (κ2) is 4.10. The van der Waals surface area contributed by atoms with Crippen molar-refractivity contribution in [1.29, 1.82) is 0 Å². The number of hydrogen-bond donors (Lipinski definition) is 0. The lowest BCUT2D eigenvalue weighted by Crippen LogP contribution is -2.41. The summed E-state index contributed by atoms with van der Waals surface area (Å²) in [7, 11) is 0. The van der Waals surface area contributed by atoms with Gasteiger partial charge in [0.15, 0.2) is 0 Å². The molecule has 1 unspecified atom stereocenters. The van der Waals surface area contributed by atoms with E-state index in [0.717, 1.165) is 6.42 Å². The fourth-order valence-corrected chi connectivity index (χ4v) is 0.891. The van der Waals surface area contributed by atoms with Gasteiger partial charge in [0.2, 0.25) is 0 Å². The molecule has 0 aromatic carbocycles. The SMILES string of the molecule is CC(C)CCC(C)(Br)C(=O)[O-]. The Morgan fingerprint density at radius 1 is 1.64 bits per heavy atom. The summed E-state index contributed by atoms with van der Waals surface area (Å²) in [6.45, 7) is 5.77. The van der Waals surface area contributed by atoms with E-state index in [-0.39, 0.29) is 0 Å². The highest BCUT2D eigenvalue weighted by atomic mass is 79.9. The molecule has 0 fully saturated rings. The van der Waals surface area contributed by atoms with Gasteiger partial charge in [-0.1, -0.05) is 29.8 Å². The van der Waals surface area contributed by atoms with E-state index in [1.807, 2.05) is 0 Å². The minimum atomic E-state index is -1.03. The van der Waals surface area contributed by atoms with Crippen LogP contribution >= 0.6 is 15.9 Å². The van der Waals surface area contributed by atoms with Crippen molar-refractivity contribution in [2.24, 2.45) is 5.92 Å². The van der Waals surface area contributed by atoms with E-state index >= 15 is 0 Å². The minimum Gasteiger partial charge on any atom is -0.549 e. The highest BCUT2D eigenvalue weighted by Crippen LogP contribution is 2.24. The summed E-state index contributed by atoms with van der Waals surface area (Å²) in [6, 6.07) is 0. The van der Waals surface area contributed by atoms with Gasteiger partial charge in [-0.15, -0.1) is 0 Å². The Balaban J connectivity index is 3.83. The van der Waals surface area contributed by atoms with E-state index in [1.54, 1.807) is 6.92 Å². The van der Waals surface area contributed by atoms with Crippen molar-refractivity contribution in [1.82, 2.24) is 0 Å². The molecule has 0 rings (SSSR count). The van der Waals surface area contributed by atoms with Crippen molar-refractivity contribution in [3.63, 3.8) is 0 Å². The number of hydrogen-bond acceptors (Lipinski definition) is 2. The highest BCUT2D eigenvalue weighted by molar-refractivity contribution is 9.10. The van der Waals surface area contributed by atoms with Gasteiger partial charge in [0, 0.05) is 0 Å². The second-order valence-corrected chi connectivity index (χ2v) is 5.17. The van der Waals surface area contributed by atoms with E-state index in [0.29, 0.717) is 12.3 Å². The average Bonchev–Trinajstić information content (AvgIpc) is 1.84. The van der Waals surface area contributed by atoms with E-state index < -0.39 is 10.3 Å². The summed E-state index contributed by atoms with van der Waals surface area (Å²) in [6.07, 6.45) is 1.52. The highest BCUT2D eigenvalue weighted by Gasteiger charge is 2.21. The Hall–Kier alpha value is -0.0500. The molecule has 0 spiro atoms. The van der Waals surface area contributed by atoms with Gasteiger partial charge in [0.25, 0.3) is 0 Å². The summed E-state index contributed by atoms with van der Waals surface area (Å²) < 4.78 is -0.850. The van der Waals surface area contributed by atoms with Gasteiger partial charge in [-0.3, -0.25) is 0 Å². The van der Waals surface area contributed by atoms with Crippen LogP contribution in [0.5, 0.6) is 0 Å². The predicted molar refractivity (Wildman–Crippen MR) is 46.4 cm³/mol.